The van der Waals surface area contributed by atoms with Gasteiger partial charge in [-0.1, -0.05) is 62.4 Å². The number of aromatic amines is 2. The standard InChI is InChI=1S/C36H41N7O4/c1-19(2)31(42-36(46)47-3)35(45)43-16-4-5-28(43)33-38-17-26(40-33)22-10-6-20(7-11-22)21-8-12-23(13-9-21)27-18-39-34(41-27)30-25-15-14-24(25)29(30)32(37)44/h6-13,17-19,24-25,28-31H,4-5,14-16H2,1-3H3,(H2,37,44)(H,38,40)(H,39,41)(H,42,46)/t24-,25?,28+,29-,30-,31+/m1/s1. The number of rotatable bonds is 9. The summed E-state index contributed by atoms with van der Waals surface area (Å²) in [5.74, 6) is 2.13. The van der Waals surface area contributed by atoms with Crippen molar-refractivity contribution in [3.05, 3.63) is 72.6 Å². The van der Waals surface area contributed by atoms with Gasteiger partial charge in [0, 0.05) is 12.5 Å². The predicted molar refractivity (Wildman–Crippen MR) is 177 cm³/mol. The lowest BCUT2D eigenvalue weighted by atomic mass is 9.46. The van der Waals surface area contributed by atoms with Crippen LogP contribution in [0.4, 0.5) is 4.79 Å². The van der Waals surface area contributed by atoms with Gasteiger partial charge in [-0.05, 0) is 65.7 Å². The van der Waals surface area contributed by atoms with E-state index in [-0.39, 0.29) is 35.6 Å². The lowest BCUT2D eigenvalue weighted by molar-refractivity contribution is -0.141. The second-order valence-electron chi connectivity index (χ2n) is 13.4. The summed E-state index contributed by atoms with van der Waals surface area (Å²) in [6.07, 6.45) is 6.94. The summed E-state index contributed by atoms with van der Waals surface area (Å²) in [7, 11) is 1.29. The first kappa shape index (κ1) is 30.7. The highest BCUT2D eigenvalue weighted by Crippen LogP contribution is 2.62. The average molecular weight is 636 g/mol. The van der Waals surface area contributed by atoms with E-state index < -0.39 is 12.1 Å². The lowest BCUT2D eigenvalue weighted by Gasteiger charge is -2.57. The number of nitrogens with one attached hydrogen (secondary N) is 3. The van der Waals surface area contributed by atoms with Crippen LogP contribution in [-0.2, 0) is 14.3 Å². The van der Waals surface area contributed by atoms with E-state index in [1.54, 1.807) is 0 Å². The Balaban J connectivity index is 1.02. The van der Waals surface area contributed by atoms with E-state index in [4.69, 9.17) is 10.5 Å². The molecule has 2 aromatic carbocycles. The quantitative estimate of drug-likeness (QED) is 0.193. The summed E-state index contributed by atoms with van der Waals surface area (Å²) in [6, 6.07) is 15.8. The van der Waals surface area contributed by atoms with Crippen LogP contribution in [0.5, 0.6) is 0 Å². The number of aromatic nitrogens is 4. The number of hydrogen-bond acceptors (Lipinski definition) is 6. The molecule has 1 saturated heterocycles. The van der Waals surface area contributed by atoms with E-state index in [2.05, 4.69) is 73.8 Å². The van der Waals surface area contributed by atoms with Crippen molar-refractivity contribution in [3.8, 4) is 33.6 Å². The van der Waals surface area contributed by atoms with Crippen LogP contribution in [0.2, 0.25) is 0 Å². The number of amides is 3. The average Bonchev–Trinajstić information content (AvgIpc) is 3.85. The fourth-order valence-corrected chi connectivity index (χ4v) is 7.77. The lowest BCUT2D eigenvalue weighted by Crippen LogP contribution is -2.56. The van der Waals surface area contributed by atoms with Gasteiger partial charge in [-0.25, -0.2) is 14.8 Å². The minimum atomic E-state index is -0.672. The molecule has 0 spiro atoms. The van der Waals surface area contributed by atoms with Crippen molar-refractivity contribution >= 4 is 17.9 Å². The number of imidazole rings is 2. The molecule has 2 aliphatic carbocycles. The Kier molecular flexibility index (Phi) is 8.07. The zero-order chi connectivity index (χ0) is 32.8. The summed E-state index contributed by atoms with van der Waals surface area (Å²) in [5, 5.41) is 2.69. The highest BCUT2D eigenvalue weighted by molar-refractivity contribution is 5.86. The van der Waals surface area contributed by atoms with Crippen LogP contribution in [0, 0.1) is 23.7 Å². The summed E-state index contributed by atoms with van der Waals surface area (Å²) in [5.41, 5.74) is 11.7. The van der Waals surface area contributed by atoms with Crippen molar-refractivity contribution in [1.29, 1.82) is 0 Å². The minimum Gasteiger partial charge on any atom is -0.453 e. The number of ether oxygens (including phenoxy) is 1. The van der Waals surface area contributed by atoms with E-state index in [1.165, 1.54) is 7.11 Å². The van der Waals surface area contributed by atoms with E-state index in [0.29, 0.717) is 18.4 Å². The van der Waals surface area contributed by atoms with Crippen LogP contribution in [0.1, 0.15) is 63.1 Å². The van der Waals surface area contributed by atoms with Crippen LogP contribution in [0.25, 0.3) is 33.6 Å². The molecule has 1 aliphatic heterocycles. The molecule has 3 fully saturated rings. The first-order valence-electron chi connectivity index (χ1n) is 16.5. The van der Waals surface area contributed by atoms with Crippen molar-refractivity contribution in [2.75, 3.05) is 13.7 Å². The molecule has 11 heteroatoms. The molecule has 3 heterocycles. The van der Waals surface area contributed by atoms with Crippen molar-refractivity contribution in [2.45, 2.75) is 57.5 Å². The number of hydrogen-bond donors (Lipinski definition) is 4. The van der Waals surface area contributed by atoms with Crippen LogP contribution in [0.15, 0.2) is 60.9 Å². The number of carbonyl (C=O) groups excluding carboxylic acids is 3. The SMILES string of the molecule is COC(=O)N[C@H](C(=O)N1CCC[C@H]1c1ncc(-c2ccc(-c3ccc(-c4cnc([C@@H]5C6CC[C@H]6[C@H]5C(N)=O)[nH]4)cc3)cc2)[nH]1)C(C)C. The Morgan fingerprint density at radius 1 is 0.851 bits per heavy atom. The van der Waals surface area contributed by atoms with Gasteiger partial charge in [0.05, 0.1) is 42.9 Å². The van der Waals surface area contributed by atoms with Crippen LogP contribution >= 0.6 is 0 Å². The number of alkyl carbamates (subject to hydrolysis) is 1. The molecule has 2 aromatic heterocycles. The first-order valence-corrected chi connectivity index (χ1v) is 16.5. The molecule has 0 bridgehead atoms. The van der Waals surface area contributed by atoms with Gasteiger partial charge in [-0.2, -0.15) is 0 Å². The number of primary amides is 1. The van der Waals surface area contributed by atoms with Gasteiger partial charge in [0.25, 0.3) is 0 Å². The maximum atomic E-state index is 13.5. The molecule has 6 atom stereocenters. The number of nitrogens with two attached hydrogens (primary N) is 1. The number of benzene rings is 2. The smallest absolute Gasteiger partial charge is 0.407 e. The summed E-state index contributed by atoms with van der Waals surface area (Å²) < 4.78 is 4.74. The van der Waals surface area contributed by atoms with Crippen molar-refractivity contribution < 1.29 is 19.1 Å². The van der Waals surface area contributed by atoms with Crippen LogP contribution in [-0.4, -0.2) is 62.4 Å². The molecule has 7 rings (SSSR count). The number of carbonyl (C=O) groups is 3. The summed E-state index contributed by atoms with van der Waals surface area (Å²) >= 11 is 0. The fraction of sp³-hybridized carbons (Fsp3) is 0.417. The fourth-order valence-electron chi connectivity index (χ4n) is 7.77. The Labute approximate surface area is 273 Å². The molecule has 47 heavy (non-hydrogen) atoms. The van der Waals surface area contributed by atoms with Crippen molar-refractivity contribution in [2.24, 2.45) is 29.4 Å². The normalized spacial score (nSPS) is 23.8. The largest absolute Gasteiger partial charge is 0.453 e. The molecule has 3 amide bonds. The van der Waals surface area contributed by atoms with Gasteiger partial charge in [-0.3, -0.25) is 9.59 Å². The second-order valence-corrected chi connectivity index (χ2v) is 13.4. The second kappa shape index (κ2) is 12.4. The topological polar surface area (TPSA) is 159 Å². The van der Waals surface area contributed by atoms with E-state index in [1.807, 2.05) is 31.1 Å². The maximum Gasteiger partial charge on any atom is 0.407 e. The van der Waals surface area contributed by atoms with Gasteiger partial charge < -0.3 is 30.7 Å². The minimum absolute atomic E-state index is 0.0901. The molecule has 5 N–H and O–H groups in total. The van der Waals surface area contributed by atoms with Crippen molar-refractivity contribution in [3.63, 3.8) is 0 Å². The number of likely N-dealkylation sites (tertiary alicyclic amines) is 1. The molecule has 11 nitrogen and oxygen atoms in total. The molecule has 3 aliphatic rings. The van der Waals surface area contributed by atoms with Crippen LogP contribution in [0.3, 0.4) is 0 Å². The third-order valence-electron chi connectivity index (χ3n) is 10.5. The zero-order valence-corrected chi connectivity index (χ0v) is 26.9. The number of fused-ring (bicyclic) bond motifs is 1. The predicted octanol–water partition coefficient (Wildman–Crippen LogP) is 5.40. The summed E-state index contributed by atoms with van der Waals surface area (Å²) in [4.78, 5) is 55.4. The Bertz CT molecular complexity index is 1780. The maximum absolute atomic E-state index is 13.5. The van der Waals surface area contributed by atoms with Gasteiger partial charge >= 0.3 is 6.09 Å². The van der Waals surface area contributed by atoms with E-state index >= 15 is 0 Å². The van der Waals surface area contributed by atoms with Crippen LogP contribution < -0.4 is 11.1 Å². The Morgan fingerprint density at radius 2 is 1.40 bits per heavy atom. The summed E-state index contributed by atoms with van der Waals surface area (Å²) in [6.45, 7) is 4.42. The highest BCUT2D eigenvalue weighted by Gasteiger charge is 2.59. The molecular weight excluding hydrogens is 594 g/mol. The van der Waals surface area contributed by atoms with Crippen molar-refractivity contribution in [1.82, 2.24) is 30.2 Å². The third-order valence-corrected chi connectivity index (χ3v) is 10.5. The first-order chi connectivity index (χ1) is 22.7. The van der Waals surface area contributed by atoms with Gasteiger partial charge in [0.1, 0.15) is 17.7 Å². The number of H-pyrrole nitrogens is 2. The van der Waals surface area contributed by atoms with E-state index in [0.717, 1.165) is 71.0 Å². The molecule has 244 valence electrons. The van der Waals surface area contributed by atoms with Gasteiger partial charge in [0.15, 0.2) is 0 Å². The van der Waals surface area contributed by atoms with E-state index in [9.17, 15) is 14.4 Å². The Hall–Kier alpha value is -4.93. The Morgan fingerprint density at radius 3 is 1.94 bits per heavy atom. The molecule has 2 saturated carbocycles. The number of methoxy groups -OCH3 is 1. The van der Waals surface area contributed by atoms with Gasteiger partial charge in [-0.15, -0.1) is 0 Å². The van der Waals surface area contributed by atoms with Gasteiger partial charge in [0.2, 0.25) is 11.8 Å². The molecule has 0 radical (unpaired) electrons. The molecule has 1 unspecified atom stereocenters. The third kappa shape index (κ3) is 5.57. The molecule has 4 aromatic rings. The molecular formula is C36H41N7O4. The zero-order valence-electron chi connectivity index (χ0n) is 26.9. The number of nitrogens with zero attached hydrogens (tertiary/aromatic N) is 3. The highest BCUT2D eigenvalue weighted by atomic mass is 16.5. The monoisotopic (exact) mass is 635 g/mol.